The number of carbonyl (C=O) groups excluding carboxylic acids is 2. The number of thioether (sulfide) groups is 1. The van der Waals surface area contributed by atoms with Crippen LogP contribution in [0.15, 0.2) is 40.3 Å². The van der Waals surface area contributed by atoms with Gasteiger partial charge in [0.2, 0.25) is 0 Å². The van der Waals surface area contributed by atoms with Crippen LogP contribution < -0.4 is 0 Å². The minimum Gasteiger partial charge on any atom is -0.381 e. The Morgan fingerprint density at radius 2 is 2.00 bits per heavy atom. The molecule has 0 aliphatic heterocycles. The maximum Gasteiger partial charge on any atom is 0.175 e. The summed E-state index contributed by atoms with van der Waals surface area (Å²) in [6, 6.07) is 8.05. The fourth-order valence-corrected chi connectivity index (χ4v) is 10.9. The molecular formula is C29H35NO3S2. The normalized spacial score (nSPS) is 40.7. The predicted molar refractivity (Wildman–Crippen MR) is 142 cm³/mol. The van der Waals surface area contributed by atoms with Crippen LogP contribution in [0.4, 0.5) is 0 Å². The van der Waals surface area contributed by atoms with E-state index in [0.29, 0.717) is 36.5 Å². The lowest BCUT2D eigenvalue weighted by Gasteiger charge is -2.61. The molecule has 4 aliphatic carbocycles. The fraction of sp³-hybridized carbons (Fsp3) is 0.621. The number of ketones is 2. The van der Waals surface area contributed by atoms with Gasteiger partial charge in [-0.05, 0) is 85.8 Å². The molecule has 0 bridgehead atoms. The lowest BCUT2D eigenvalue weighted by molar-refractivity contribution is -0.166. The Balaban J connectivity index is 1.24. The van der Waals surface area contributed by atoms with Gasteiger partial charge in [-0.15, -0.1) is 11.3 Å². The van der Waals surface area contributed by atoms with Gasteiger partial charge in [-0.3, -0.25) is 9.59 Å². The number of hydrogen-bond acceptors (Lipinski definition) is 6. The maximum atomic E-state index is 13.7. The van der Waals surface area contributed by atoms with Gasteiger partial charge in [0.05, 0.1) is 16.0 Å². The van der Waals surface area contributed by atoms with Crippen LogP contribution in [-0.2, 0) is 9.59 Å². The molecule has 3 saturated carbocycles. The van der Waals surface area contributed by atoms with Gasteiger partial charge in [0.25, 0.3) is 0 Å². The lowest BCUT2D eigenvalue weighted by Crippen LogP contribution is -2.60. The Kier molecular flexibility index (Phi) is 5.63. The summed E-state index contributed by atoms with van der Waals surface area (Å²) >= 11 is 3.09. The van der Waals surface area contributed by atoms with Crippen LogP contribution in [0.3, 0.4) is 0 Å². The third-order valence-electron chi connectivity index (χ3n) is 10.4. The van der Waals surface area contributed by atoms with Crippen molar-refractivity contribution in [2.45, 2.75) is 75.7 Å². The zero-order valence-corrected chi connectivity index (χ0v) is 22.5. The summed E-state index contributed by atoms with van der Waals surface area (Å²) in [5.41, 5.74) is 0.767. The van der Waals surface area contributed by atoms with Gasteiger partial charge < -0.3 is 5.11 Å². The van der Waals surface area contributed by atoms with Gasteiger partial charge in [0, 0.05) is 11.8 Å². The van der Waals surface area contributed by atoms with Crippen molar-refractivity contribution in [2.75, 3.05) is 5.75 Å². The summed E-state index contributed by atoms with van der Waals surface area (Å²) in [7, 11) is 0. The minimum absolute atomic E-state index is 0.0247. The molecule has 0 radical (unpaired) electrons. The highest BCUT2D eigenvalue weighted by atomic mass is 32.2. The molecule has 35 heavy (non-hydrogen) atoms. The first-order valence-electron chi connectivity index (χ1n) is 13.1. The average Bonchev–Trinajstić information content (AvgIpc) is 3.36. The molecule has 6 rings (SSSR count). The molecule has 4 nitrogen and oxygen atoms in total. The van der Waals surface area contributed by atoms with Crippen LogP contribution in [0, 0.1) is 34.5 Å². The Morgan fingerprint density at radius 1 is 1.20 bits per heavy atom. The molecule has 0 spiro atoms. The average molecular weight is 510 g/mol. The minimum atomic E-state index is -1.26. The van der Waals surface area contributed by atoms with E-state index in [9.17, 15) is 14.7 Å². The van der Waals surface area contributed by atoms with E-state index in [-0.39, 0.29) is 28.1 Å². The highest BCUT2D eigenvalue weighted by molar-refractivity contribution is 8.01. The van der Waals surface area contributed by atoms with Crippen LogP contribution in [0.2, 0.25) is 0 Å². The highest BCUT2D eigenvalue weighted by Gasteiger charge is 2.67. The molecular weight excluding hydrogens is 474 g/mol. The smallest absolute Gasteiger partial charge is 0.175 e. The van der Waals surface area contributed by atoms with Crippen LogP contribution in [0.1, 0.15) is 65.7 Å². The van der Waals surface area contributed by atoms with Gasteiger partial charge >= 0.3 is 0 Å². The number of para-hydroxylation sites is 1. The van der Waals surface area contributed by atoms with E-state index in [2.05, 4.69) is 31.8 Å². The van der Waals surface area contributed by atoms with E-state index in [4.69, 9.17) is 0 Å². The number of aromatic nitrogens is 1. The van der Waals surface area contributed by atoms with Gasteiger partial charge in [-0.1, -0.05) is 50.2 Å². The van der Waals surface area contributed by atoms with E-state index < -0.39 is 5.60 Å². The molecule has 7 atom stereocenters. The van der Waals surface area contributed by atoms with Crippen LogP contribution in [0.25, 0.3) is 10.2 Å². The van der Waals surface area contributed by atoms with E-state index in [0.717, 1.165) is 46.7 Å². The van der Waals surface area contributed by atoms with Crippen molar-refractivity contribution in [1.29, 1.82) is 0 Å². The largest absolute Gasteiger partial charge is 0.381 e. The number of allylic oxidation sites excluding steroid dienone is 1. The lowest BCUT2D eigenvalue weighted by atomic mass is 9.43. The first-order valence-corrected chi connectivity index (χ1v) is 14.9. The van der Waals surface area contributed by atoms with Crippen molar-refractivity contribution in [3.63, 3.8) is 0 Å². The zero-order chi connectivity index (χ0) is 24.6. The summed E-state index contributed by atoms with van der Waals surface area (Å²) in [4.78, 5) is 30.5. The summed E-state index contributed by atoms with van der Waals surface area (Å²) < 4.78 is 2.02. The molecule has 5 unspecified atom stereocenters. The van der Waals surface area contributed by atoms with Crippen molar-refractivity contribution in [1.82, 2.24) is 4.98 Å². The Hall–Kier alpha value is -1.50. The summed E-state index contributed by atoms with van der Waals surface area (Å²) in [6.07, 6.45) is 8.00. The molecule has 1 aromatic carbocycles. The molecule has 2 aromatic rings. The molecule has 1 aromatic heterocycles. The van der Waals surface area contributed by atoms with Crippen molar-refractivity contribution < 1.29 is 14.7 Å². The molecule has 3 fully saturated rings. The first kappa shape index (κ1) is 23.9. The zero-order valence-electron chi connectivity index (χ0n) is 20.9. The quantitative estimate of drug-likeness (QED) is 0.479. The van der Waals surface area contributed by atoms with E-state index in [1.807, 2.05) is 24.3 Å². The van der Waals surface area contributed by atoms with Crippen LogP contribution in [0.5, 0.6) is 0 Å². The second-order valence-corrected chi connectivity index (χ2v) is 14.3. The van der Waals surface area contributed by atoms with E-state index in [1.165, 1.54) is 17.3 Å². The highest BCUT2D eigenvalue weighted by Crippen LogP contribution is 2.69. The summed E-state index contributed by atoms with van der Waals surface area (Å²) in [5.74, 6) is 2.35. The number of benzene rings is 1. The summed E-state index contributed by atoms with van der Waals surface area (Å²) in [6.45, 7) is 6.93. The number of rotatable bonds is 4. The van der Waals surface area contributed by atoms with Gasteiger partial charge in [-0.2, -0.15) is 0 Å². The van der Waals surface area contributed by atoms with E-state index >= 15 is 0 Å². The number of hydrogen-bond donors (Lipinski definition) is 1. The molecule has 4 aliphatic rings. The van der Waals surface area contributed by atoms with Crippen LogP contribution in [-0.4, -0.2) is 33.0 Å². The van der Waals surface area contributed by atoms with Crippen molar-refractivity contribution >= 4 is 44.9 Å². The predicted octanol–water partition coefficient (Wildman–Crippen LogP) is 6.47. The molecule has 186 valence electrons. The summed E-state index contributed by atoms with van der Waals surface area (Å²) in [5, 5.41) is 12.0. The monoisotopic (exact) mass is 509 g/mol. The number of fused-ring (bicyclic) bond motifs is 6. The molecule has 1 N–H and O–H groups in total. The standard InChI is InChI=1S/C29H35NO3S2/c1-17-15-28(3)21(20-9-8-18-14-19(31)10-12-27(18,2)25(17)20)11-13-29(28,33)24(32)16-34-26-30-22-6-4-5-7-23(22)35-26/h4-7,14,17,20-21,25,33H,8-13,15-16H2,1-3H3/t17-,20?,21?,25?,27?,28?,29-/m0/s1. The number of carbonyl (C=O) groups is 2. The Bertz CT molecular complexity index is 1200. The number of aliphatic hydroxyl groups is 1. The third kappa shape index (κ3) is 3.46. The maximum absolute atomic E-state index is 13.7. The third-order valence-corrected chi connectivity index (χ3v) is 12.6. The van der Waals surface area contributed by atoms with Gasteiger partial charge in [0.1, 0.15) is 5.60 Å². The van der Waals surface area contributed by atoms with E-state index in [1.54, 1.807) is 11.3 Å². The Labute approximate surface area is 216 Å². The van der Waals surface area contributed by atoms with Gasteiger partial charge in [0.15, 0.2) is 15.9 Å². The van der Waals surface area contributed by atoms with Crippen molar-refractivity contribution in [2.24, 2.45) is 34.5 Å². The molecule has 0 amide bonds. The fourth-order valence-electron chi connectivity index (χ4n) is 8.88. The van der Waals surface area contributed by atoms with Crippen molar-refractivity contribution in [3.8, 4) is 0 Å². The van der Waals surface area contributed by atoms with Gasteiger partial charge in [-0.25, -0.2) is 4.98 Å². The van der Waals surface area contributed by atoms with Crippen LogP contribution >= 0.6 is 23.1 Å². The second kappa shape index (κ2) is 8.26. The second-order valence-electron chi connectivity index (χ2n) is 12.0. The number of thiazole rings is 1. The molecule has 0 saturated heterocycles. The first-order chi connectivity index (χ1) is 16.7. The SMILES string of the molecule is C[C@H]1CC2(C)C(CC[C@]2(O)C(=O)CSc2nc3ccccc3s2)C2CCC3=CC(=O)CCC3(C)C21. The molecule has 1 heterocycles. The number of nitrogens with zero attached hydrogens (tertiary/aromatic N) is 1. The van der Waals surface area contributed by atoms with Crippen molar-refractivity contribution in [3.05, 3.63) is 35.9 Å². The Morgan fingerprint density at radius 3 is 2.80 bits per heavy atom. The topological polar surface area (TPSA) is 67.3 Å². The number of Topliss-reactive ketones (excluding diaryl/α,β-unsaturated/α-hetero) is 1. The molecule has 6 heteroatoms.